The Balaban J connectivity index is 2.14. The van der Waals surface area contributed by atoms with E-state index in [2.05, 4.69) is 25.1 Å². The molecule has 0 saturated heterocycles. The van der Waals surface area contributed by atoms with Crippen molar-refractivity contribution in [1.29, 1.82) is 0 Å². The lowest BCUT2D eigenvalue weighted by Crippen LogP contribution is -2.10. The highest BCUT2D eigenvalue weighted by molar-refractivity contribution is 7.92. The number of rotatable bonds is 4. The van der Waals surface area contributed by atoms with Crippen molar-refractivity contribution in [1.82, 2.24) is 20.4 Å². The quantitative estimate of drug-likeness (QED) is 0.649. The minimum atomic E-state index is -3.53. The van der Waals surface area contributed by atoms with Crippen LogP contribution in [0.2, 0.25) is 0 Å². The van der Waals surface area contributed by atoms with Gasteiger partial charge >= 0.3 is 5.97 Å². The van der Waals surface area contributed by atoms with Crippen molar-refractivity contribution in [2.24, 2.45) is 0 Å². The van der Waals surface area contributed by atoms with Crippen LogP contribution in [0.5, 0.6) is 0 Å². The Hall–Kier alpha value is -3.01. The van der Waals surface area contributed by atoms with Crippen LogP contribution in [-0.4, -0.2) is 46.1 Å². The van der Waals surface area contributed by atoms with E-state index in [0.717, 1.165) is 6.26 Å². The lowest BCUT2D eigenvalue weighted by atomic mass is 10.1. The highest BCUT2D eigenvalue weighted by atomic mass is 32.2. The zero-order chi connectivity index (χ0) is 16.6. The third-order valence-electron chi connectivity index (χ3n) is 2.96. The van der Waals surface area contributed by atoms with E-state index >= 15 is 0 Å². The van der Waals surface area contributed by atoms with E-state index in [4.69, 9.17) is 0 Å². The van der Waals surface area contributed by atoms with Crippen molar-refractivity contribution in [2.45, 2.75) is 0 Å². The first-order chi connectivity index (χ1) is 10.8. The average molecular weight is 333 g/mol. The van der Waals surface area contributed by atoms with Gasteiger partial charge in [0, 0.05) is 11.3 Å². The average Bonchev–Trinajstić information content (AvgIpc) is 2.92. The monoisotopic (exact) mass is 333 g/mol. The molecule has 0 atom stereocenters. The van der Waals surface area contributed by atoms with Crippen LogP contribution >= 0.6 is 0 Å². The lowest BCUT2D eigenvalue weighted by molar-refractivity contribution is 0.0697. The second kappa shape index (κ2) is 5.32. The van der Waals surface area contributed by atoms with Gasteiger partial charge in [-0.1, -0.05) is 0 Å². The van der Waals surface area contributed by atoms with Gasteiger partial charge in [-0.05, 0) is 30.3 Å². The number of aromatic amines is 1. The molecule has 0 bridgehead atoms. The number of hydrogen-bond donors (Lipinski definition) is 3. The zero-order valence-electron chi connectivity index (χ0n) is 11.8. The van der Waals surface area contributed by atoms with E-state index in [1.165, 1.54) is 18.2 Å². The fourth-order valence-corrected chi connectivity index (χ4v) is 2.62. The molecular weight excluding hydrogens is 322 g/mol. The molecule has 9 nitrogen and oxygen atoms in total. The van der Waals surface area contributed by atoms with Crippen LogP contribution in [0, 0.1) is 0 Å². The Morgan fingerprint density at radius 2 is 2.00 bits per heavy atom. The van der Waals surface area contributed by atoms with E-state index in [9.17, 15) is 18.3 Å². The number of carbonyl (C=O) groups is 1. The molecule has 0 spiro atoms. The summed E-state index contributed by atoms with van der Waals surface area (Å²) in [6.45, 7) is 0. The summed E-state index contributed by atoms with van der Waals surface area (Å²) in [6, 6.07) is 7.47. The van der Waals surface area contributed by atoms with Crippen LogP contribution in [-0.2, 0) is 10.0 Å². The molecule has 0 fully saturated rings. The number of sulfonamides is 1. The minimum Gasteiger partial charge on any atom is -0.478 e. The summed E-state index contributed by atoms with van der Waals surface area (Å²) in [5, 5.41) is 19.4. The smallest absolute Gasteiger partial charge is 0.335 e. The van der Waals surface area contributed by atoms with Crippen molar-refractivity contribution in [3.8, 4) is 11.3 Å². The summed E-state index contributed by atoms with van der Waals surface area (Å²) in [5.41, 5.74) is 1.92. The molecule has 0 unspecified atom stereocenters. The molecule has 3 aromatic rings. The van der Waals surface area contributed by atoms with Crippen LogP contribution in [0.3, 0.4) is 0 Å². The first-order valence-corrected chi connectivity index (χ1v) is 8.25. The van der Waals surface area contributed by atoms with Gasteiger partial charge in [0.05, 0.1) is 17.5 Å². The van der Waals surface area contributed by atoms with Crippen LogP contribution < -0.4 is 4.72 Å². The lowest BCUT2D eigenvalue weighted by Gasteiger charge is -2.08. The largest absolute Gasteiger partial charge is 0.478 e. The Morgan fingerprint density at radius 1 is 1.22 bits per heavy atom. The summed E-state index contributed by atoms with van der Waals surface area (Å²) < 4.78 is 25.0. The predicted molar refractivity (Wildman–Crippen MR) is 82.5 cm³/mol. The maximum absolute atomic E-state index is 11.4. The van der Waals surface area contributed by atoms with Gasteiger partial charge in [-0.3, -0.25) is 4.72 Å². The number of nitrogens with zero attached hydrogens (tertiary/aromatic N) is 3. The zero-order valence-corrected chi connectivity index (χ0v) is 12.6. The number of benzene rings is 1. The molecule has 2 heterocycles. The second-order valence-electron chi connectivity index (χ2n) is 4.84. The van der Waals surface area contributed by atoms with Crippen molar-refractivity contribution in [2.75, 3.05) is 11.0 Å². The predicted octanol–water partition coefficient (Wildman–Crippen LogP) is 1.09. The SMILES string of the molecule is CS(=O)(=O)Nc1cc(C(=O)O)cc(-c2ccc3n[nH]nc3n2)c1. The van der Waals surface area contributed by atoms with Gasteiger partial charge in [0.15, 0.2) is 0 Å². The van der Waals surface area contributed by atoms with Gasteiger partial charge in [0.25, 0.3) is 0 Å². The Morgan fingerprint density at radius 3 is 2.70 bits per heavy atom. The molecule has 0 aliphatic carbocycles. The molecule has 118 valence electrons. The molecule has 0 aliphatic rings. The summed E-state index contributed by atoms with van der Waals surface area (Å²) in [4.78, 5) is 15.5. The number of hydrogen-bond acceptors (Lipinski definition) is 6. The van der Waals surface area contributed by atoms with Gasteiger partial charge in [-0.2, -0.15) is 10.3 Å². The molecule has 0 radical (unpaired) electrons. The van der Waals surface area contributed by atoms with Gasteiger partial charge in [0.1, 0.15) is 5.52 Å². The number of carboxylic acids is 1. The number of H-pyrrole nitrogens is 1. The summed E-state index contributed by atoms with van der Waals surface area (Å²) in [7, 11) is -3.53. The van der Waals surface area contributed by atoms with E-state index in [1.807, 2.05) is 0 Å². The third kappa shape index (κ3) is 3.26. The number of fused-ring (bicyclic) bond motifs is 1. The molecule has 3 rings (SSSR count). The minimum absolute atomic E-state index is 0.0595. The number of carboxylic acid groups (broad SMARTS) is 1. The van der Waals surface area contributed by atoms with Crippen molar-refractivity contribution in [3.05, 3.63) is 35.9 Å². The Kier molecular flexibility index (Phi) is 3.45. The number of aromatic nitrogens is 4. The maximum Gasteiger partial charge on any atom is 0.335 e. The normalized spacial score (nSPS) is 11.5. The van der Waals surface area contributed by atoms with Crippen LogP contribution in [0.1, 0.15) is 10.4 Å². The molecule has 2 aromatic heterocycles. The van der Waals surface area contributed by atoms with Crippen molar-refractivity contribution >= 4 is 32.8 Å². The van der Waals surface area contributed by atoms with E-state index in [1.54, 1.807) is 12.1 Å². The second-order valence-corrected chi connectivity index (χ2v) is 6.59. The fraction of sp³-hybridized carbons (Fsp3) is 0.0769. The van der Waals surface area contributed by atoms with Crippen LogP contribution in [0.4, 0.5) is 5.69 Å². The van der Waals surface area contributed by atoms with Crippen molar-refractivity contribution < 1.29 is 18.3 Å². The number of nitrogens with one attached hydrogen (secondary N) is 2. The number of anilines is 1. The molecule has 10 heteroatoms. The first-order valence-electron chi connectivity index (χ1n) is 6.36. The van der Waals surface area contributed by atoms with E-state index < -0.39 is 16.0 Å². The molecule has 1 aromatic carbocycles. The fourth-order valence-electron chi connectivity index (χ4n) is 2.07. The molecule has 0 amide bonds. The highest BCUT2D eigenvalue weighted by Gasteiger charge is 2.12. The van der Waals surface area contributed by atoms with E-state index in [-0.39, 0.29) is 11.3 Å². The molecule has 0 saturated carbocycles. The van der Waals surface area contributed by atoms with Gasteiger partial charge in [-0.15, -0.1) is 5.10 Å². The van der Waals surface area contributed by atoms with Crippen molar-refractivity contribution in [3.63, 3.8) is 0 Å². The van der Waals surface area contributed by atoms with Crippen LogP contribution in [0.15, 0.2) is 30.3 Å². The molecule has 0 aliphatic heterocycles. The van der Waals surface area contributed by atoms with Crippen LogP contribution in [0.25, 0.3) is 22.4 Å². The topological polar surface area (TPSA) is 138 Å². The summed E-state index contributed by atoms with van der Waals surface area (Å²) >= 11 is 0. The Bertz CT molecular complexity index is 1010. The standard InChI is InChI=1S/C13H11N5O4S/c1-23(21,22)17-9-5-7(4-8(6-9)13(19)20)10-2-3-11-12(14-10)16-18-15-11/h2-6,17H,1H3,(H,19,20)(H,14,15,16,18). The van der Waals surface area contributed by atoms with Gasteiger partial charge in [0.2, 0.25) is 15.7 Å². The number of aromatic carboxylic acids is 1. The third-order valence-corrected chi connectivity index (χ3v) is 3.57. The Labute approximate surface area is 130 Å². The highest BCUT2D eigenvalue weighted by Crippen LogP contribution is 2.25. The molecular formula is C13H11N5O4S. The summed E-state index contributed by atoms with van der Waals surface area (Å²) in [5.74, 6) is -1.18. The summed E-state index contributed by atoms with van der Waals surface area (Å²) in [6.07, 6.45) is 0.986. The molecule has 3 N–H and O–H groups in total. The van der Waals surface area contributed by atoms with Gasteiger partial charge in [-0.25, -0.2) is 18.2 Å². The first kappa shape index (κ1) is 14.9. The number of pyridine rings is 1. The maximum atomic E-state index is 11.4. The molecule has 23 heavy (non-hydrogen) atoms. The van der Waals surface area contributed by atoms with E-state index in [0.29, 0.717) is 22.4 Å². The van der Waals surface area contributed by atoms with Gasteiger partial charge < -0.3 is 5.11 Å².